The average molecular weight is 533 g/mol. The van der Waals surface area contributed by atoms with Crippen LogP contribution in [0.5, 0.6) is 5.75 Å². The van der Waals surface area contributed by atoms with Crippen LogP contribution in [0.3, 0.4) is 0 Å². The second-order valence-electron chi connectivity index (χ2n) is 7.52. The molecule has 0 atom stereocenters. The number of aryl methyl sites for hydroxylation is 1. The number of nitrogens with zero attached hydrogens (tertiary/aromatic N) is 3. The van der Waals surface area contributed by atoms with Crippen molar-refractivity contribution >= 4 is 48.6 Å². The van der Waals surface area contributed by atoms with Crippen LogP contribution in [-0.4, -0.2) is 37.4 Å². The molecule has 0 radical (unpaired) electrons. The van der Waals surface area contributed by atoms with Crippen LogP contribution in [0, 0.1) is 18.3 Å². The topological polar surface area (TPSA) is 156 Å². The van der Waals surface area contributed by atoms with E-state index in [0.717, 1.165) is 5.56 Å². The Labute approximate surface area is 207 Å². The minimum Gasteiger partial charge on any atom is -0.379 e. The van der Waals surface area contributed by atoms with Crippen LogP contribution in [0.15, 0.2) is 64.2 Å². The number of anilines is 1. The van der Waals surface area contributed by atoms with Gasteiger partial charge in [0, 0.05) is 11.5 Å². The van der Waals surface area contributed by atoms with Crippen molar-refractivity contribution in [1.29, 1.82) is 5.26 Å². The highest BCUT2D eigenvalue weighted by molar-refractivity contribution is 7.91. The molecule has 0 saturated heterocycles. The summed E-state index contributed by atoms with van der Waals surface area (Å²) in [5, 5.41) is 10.5. The Morgan fingerprint density at radius 3 is 2.29 bits per heavy atom. The Balaban J connectivity index is 1.72. The molecule has 0 saturated carbocycles. The quantitative estimate of drug-likeness (QED) is 0.261. The maximum absolute atomic E-state index is 12.5. The van der Waals surface area contributed by atoms with E-state index < -0.39 is 36.3 Å². The fourth-order valence-corrected chi connectivity index (χ4v) is 5.19. The Bertz CT molecular complexity index is 1520. The van der Waals surface area contributed by atoms with Crippen molar-refractivity contribution in [2.75, 3.05) is 5.32 Å². The van der Waals surface area contributed by atoms with Gasteiger partial charge in [-0.05, 0) is 56.7 Å². The van der Waals surface area contributed by atoms with E-state index in [1.165, 1.54) is 56.3 Å². The van der Waals surface area contributed by atoms with Crippen molar-refractivity contribution < 1.29 is 25.8 Å². The van der Waals surface area contributed by atoms with Gasteiger partial charge < -0.3 is 4.18 Å². The molecule has 3 aromatic rings. The van der Waals surface area contributed by atoms with E-state index >= 15 is 0 Å². The predicted molar refractivity (Wildman–Crippen MR) is 130 cm³/mol. The maximum atomic E-state index is 12.5. The normalized spacial score (nSPS) is 12.3. The van der Waals surface area contributed by atoms with Crippen molar-refractivity contribution in [2.24, 2.45) is 0 Å². The summed E-state index contributed by atoms with van der Waals surface area (Å²) < 4.78 is 58.0. The van der Waals surface area contributed by atoms with Gasteiger partial charge in [-0.1, -0.05) is 29.8 Å². The third kappa shape index (κ3) is 6.30. The van der Waals surface area contributed by atoms with Gasteiger partial charge in [-0.15, -0.1) is 0 Å². The summed E-state index contributed by atoms with van der Waals surface area (Å²) in [6, 6.07) is 13.7. The van der Waals surface area contributed by atoms with Crippen LogP contribution in [0.2, 0.25) is 0 Å². The van der Waals surface area contributed by atoms with Crippen LogP contribution in [0.1, 0.15) is 25.0 Å². The van der Waals surface area contributed by atoms with Gasteiger partial charge in [0.15, 0.2) is 0 Å². The number of hydrogen-bond donors (Lipinski definition) is 1. The highest BCUT2D eigenvalue weighted by Crippen LogP contribution is 2.22. The summed E-state index contributed by atoms with van der Waals surface area (Å²) in [6.45, 7) is 4.81. The minimum absolute atomic E-state index is 0.0107. The molecule has 0 unspecified atom stereocenters. The van der Waals surface area contributed by atoms with Gasteiger partial charge in [0.25, 0.3) is 11.1 Å². The summed E-state index contributed by atoms with van der Waals surface area (Å²) >= 11 is 0.680. The third-order valence-electron chi connectivity index (χ3n) is 4.57. The van der Waals surface area contributed by atoms with Gasteiger partial charge >= 0.3 is 10.1 Å². The highest BCUT2D eigenvalue weighted by atomic mass is 32.2. The van der Waals surface area contributed by atoms with Gasteiger partial charge in [-0.2, -0.15) is 23.0 Å². The van der Waals surface area contributed by atoms with Crippen LogP contribution in [0.4, 0.5) is 5.13 Å². The molecule has 2 aromatic carbocycles. The minimum atomic E-state index is -4.02. The van der Waals surface area contributed by atoms with E-state index in [1.54, 1.807) is 18.2 Å². The zero-order chi connectivity index (χ0) is 25.8. The lowest BCUT2D eigenvalue weighted by Gasteiger charge is -2.07. The molecule has 1 amide bonds. The number of benzene rings is 2. The first-order valence-corrected chi connectivity index (χ1v) is 13.8. The number of aromatic nitrogens is 2. The number of hydrogen-bond acceptors (Lipinski definition) is 10. The van der Waals surface area contributed by atoms with Crippen molar-refractivity contribution in [2.45, 2.75) is 36.1 Å². The van der Waals surface area contributed by atoms with E-state index in [2.05, 4.69) is 14.7 Å². The summed E-state index contributed by atoms with van der Waals surface area (Å²) in [7, 11) is -7.72. The molecule has 1 heterocycles. The molecule has 0 aliphatic rings. The molecule has 0 aliphatic heterocycles. The van der Waals surface area contributed by atoms with Crippen LogP contribution < -0.4 is 9.50 Å². The molecule has 0 fully saturated rings. The molecule has 182 valence electrons. The van der Waals surface area contributed by atoms with Gasteiger partial charge in [0.2, 0.25) is 15.0 Å². The molecule has 10 nitrogen and oxygen atoms in total. The molecule has 1 N–H and O–H groups in total. The molecule has 0 spiro atoms. The molecule has 13 heteroatoms. The number of carbonyl (C=O) groups is 1. The van der Waals surface area contributed by atoms with Crippen LogP contribution in [-0.2, 0) is 24.7 Å². The van der Waals surface area contributed by atoms with Gasteiger partial charge in [-0.25, -0.2) is 8.42 Å². The third-order valence-corrected chi connectivity index (χ3v) is 8.51. The second-order valence-corrected chi connectivity index (χ2v) is 12.2. The van der Waals surface area contributed by atoms with E-state index in [1.807, 2.05) is 6.92 Å². The zero-order valence-corrected chi connectivity index (χ0v) is 21.2. The number of nitrogens with one attached hydrogen (secondary N) is 1. The maximum Gasteiger partial charge on any atom is 0.339 e. The number of amides is 1. The Morgan fingerprint density at radius 2 is 1.71 bits per heavy atom. The molecule has 3 rings (SSSR count). The first kappa shape index (κ1) is 26.0. The van der Waals surface area contributed by atoms with E-state index in [0.29, 0.717) is 17.1 Å². The molecular formula is C22H20N4O6S3. The van der Waals surface area contributed by atoms with Gasteiger partial charge in [-0.3, -0.25) is 10.1 Å². The first-order valence-electron chi connectivity index (χ1n) is 10.0. The largest absolute Gasteiger partial charge is 0.379 e. The number of rotatable bonds is 8. The molecule has 1 aromatic heterocycles. The monoisotopic (exact) mass is 532 g/mol. The molecule has 35 heavy (non-hydrogen) atoms. The molecular weight excluding hydrogens is 512 g/mol. The van der Waals surface area contributed by atoms with Crippen molar-refractivity contribution in [3.05, 3.63) is 65.2 Å². The van der Waals surface area contributed by atoms with Crippen molar-refractivity contribution in [1.82, 2.24) is 9.36 Å². The molecule has 0 aliphatic carbocycles. The second kappa shape index (κ2) is 10.3. The fourth-order valence-electron chi connectivity index (χ4n) is 2.57. The Hall–Kier alpha value is -3.60. The van der Waals surface area contributed by atoms with Crippen molar-refractivity contribution in [3.63, 3.8) is 0 Å². The smallest absolute Gasteiger partial charge is 0.339 e. The summed E-state index contributed by atoms with van der Waals surface area (Å²) in [5.41, 5.74) is 1.05. The zero-order valence-electron chi connectivity index (χ0n) is 18.8. The van der Waals surface area contributed by atoms with Crippen LogP contribution >= 0.6 is 11.5 Å². The van der Waals surface area contributed by atoms with Crippen LogP contribution in [0.25, 0.3) is 6.08 Å². The van der Waals surface area contributed by atoms with E-state index in [4.69, 9.17) is 4.18 Å². The van der Waals surface area contributed by atoms with E-state index in [9.17, 15) is 26.9 Å². The Morgan fingerprint density at radius 1 is 1.09 bits per heavy atom. The number of carbonyl (C=O) groups excluding carboxylic acids is 1. The summed E-state index contributed by atoms with van der Waals surface area (Å²) in [5.74, 6) is -0.752. The predicted octanol–water partition coefficient (Wildman–Crippen LogP) is 3.34. The average Bonchev–Trinajstić information content (AvgIpc) is 3.27. The lowest BCUT2D eigenvalue weighted by Crippen LogP contribution is -2.16. The van der Waals surface area contributed by atoms with Gasteiger partial charge in [0.05, 0.1) is 5.25 Å². The highest BCUT2D eigenvalue weighted by Gasteiger charge is 2.25. The summed E-state index contributed by atoms with van der Waals surface area (Å²) in [6.07, 6.45) is 1.28. The lowest BCUT2D eigenvalue weighted by atomic mass is 10.1. The Kier molecular flexibility index (Phi) is 7.69. The van der Waals surface area contributed by atoms with Crippen molar-refractivity contribution in [3.8, 4) is 11.8 Å². The summed E-state index contributed by atoms with van der Waals surface area (Å²) in [4.78, 5) is 16.3. The standard InChI is InChI=1S/C22H20N4O6S3/c1-14(2)34(28,29)22-25-21(33-26-22)24-20(27)17(13-23)12-16-6-8-18(9-7-16)32-35(30,31)19-10-4-15(3)5-11-19/h4-12,14H,1-3H3,(H,24,25,26,27)/b17-12-. The SMILES string of the molecule is Cc1ccc(S(=O)(=O)Oc2ccc(/C=C(/C#N)C(=O)Nc3nc(S(=O)(=O)C(C)C)ns3)cc2)cc1. The first-order chi connectivity index (χ1) is 16.4. The number of sulfone groups is 1. The van der Waals surface area contributed by atoms with E-state index in [-0.39, 0.29) is 21.3 Å². The molecule has 0 bridgehead atoms. The lowest BCUT2D eigenvalue weighted by molar-refractivity contribution is -0.112. The van der Waals surface area contributed by atoms with Gasteiger partial charge in [0.1, 0.15) is 22.3 Å². The number of nitriles is 1. The fraction of sp³-hybridized carbons (Fsp3) is 0.182.